The van der Waals surface area contributed by atoms with Crippen LogP contribution in [-0.2, 0) is 10.0 Å². The standard InChI is InChI=1S/C14H20ClN3O3S/c1-2-9-22(20,21)18-7-5-12(6-8-18)17-14(19)13-4-3-11(15)10-16-13/h3-4,10,12H,2,5-9H2,1H3,(H,17,19). The Hall–Kier alpha value is -1.18. The number of piperidine rings is 1. The second kappa shape index (κ2) is 7.39. The Labute approximate surface area is 135 Å². The Morgan fingerprint density at radius 3 is 2.64 bits per heavy atom. The van der Waals surface area contributed by atoms with Crippen LogP contribution in [0.1, 0.15) is 36.7 Å². The molecule has 1 amide bonds. The lowest BCUT2D eigenvalue weighted by Crippen LogP contribution is -2.47. The van der Waals surface area contributed by atoms with E-state index in [1.165, 1.54) is 10.5 Å². The van der Waals surface area contributed by atoms with Gasteiger partial charge in [-0.05, 0) is 31.4 Å². The molecule has 0 saturated carbocycles. The van der Waals surface area contributed by atoms with Gasteiger partial charge in [-0.3, -0.25) is 4.79 Å². The molecule has 2 heterocycles. The molecule has 2 rings (SSSR count). The van der Waals surface area contributed by atoms with E-state index in [1.807, 2.05) is 6.92 Å². The highest BCUT2D eigenvalue weighted by Gasteiger charge is 2.28. The van der Waals surface area contributed by atoms with Crippen molar-refractivity contribution in [1.29, 1.82) is 0 Å². The summed E-state index contributed by atoms with van der Waals surface area (Å²) in [6, 6.07) is 3.15. The SMILES string of the molecule is CCCS(=O)(=O)N1CCC(NC(=O)c2ccc(Cl)cn2)CC1. The van der Waals surface area contributed by atoms with Gasteiger partial charge in [0.05, 0.1) is 10.8 Å². The van der Waals surface area contributed by atoms with E-state index < -0.39 is 10.0 Å². The van der Waals surface area contributed by atoms with E-state index in [-0.39, 0.29) is 17.7 Å². The summed E-state index contributed by atoms with van der Waals surface area (Å²) in [7, 11) is -3.15. The molecule has 0 aromatic carbocycles. The molecule has 0 radical (unpaired) electrons. The Morgan fingerprint density at radius 1 is 1.41 bits per heavy atom. The van der Waals surface area contributed by atoms with Crippen LogP contribution in [-0.4, -0.2) is 48.5 Å². The quantitative estimate of drug-likeness (QED) is 0.880. The predicted molar refractivity (Wildman–Crippen MR) is 85.4 cm³/mol. The van der Waals surface area contributed by atoms with Crippen LogP contribution in [0.25, 0.3) is 0 Å². The summed E-state index contributed by atoms with van der Waals surface area (Å²) in [5.41, 5.74) is 0.311. The van der Waals surface area contributed by atoms with Crippen molar-refractivity contribution in [3.05, 3.63) is 29.0 Å². The molecule has 0 aliphatic carbocycles. The monoisotopic (exact) mass is 345 g/mol. The van der Waals surface area contributed by atoms with Crippen molar-refractivity contribution in [3.8, 4) is 0 Å². The minimum absolute atomic E-state index is 0.0296. The molecule has 8 heteroatoms. The van der Waals surface area contributed by atoms with Crippen molar-refractivity contribution in [1.82, 2.24) is 14.6 Å². The molecule has 1 fully saturated rings. The van der Waals surface area contributed by atoms with E-state index in [0.717, 1.165) is 0 Å². The van der Waals surface area contributed by atoms with Crippen LogP contribution in [0.4, 0.5) is 0 Å². The van der Waals surface area contributed by atoms with Gasteiger partial charge in [0, 0.05) is 25.3 Å². The molecule has 22 heavy (non-hydrogen) atoms. The van der Waals surface area contributed by atoms with E-state index in [4.69, 9.17) is 11.6 Å². The Kier molecular flexibility index (Phi) is 5.77. The molecule has 1 aromatic heterocycles. The number of carbonyl (C=O) groups excluding carboxylic acids is 1. The zero-order chi connectivity index (χ0) is 16.2. The van der Waals surface area contributed by atoms with Gasteiger partial charge in [-0.2, -0.15) is 0 Å². The van der Waals surface area contributed by atoms with Crippen molar-refractivity contribution in [3.63, 3.8) is 0 Å². The molecule has 0 atom stereocenters. The van der Waals surface area contributed by atoms with E-state index >= 15 is 0 Å². The zero-order valence-electron chi connectivity index (χ0n) is 12.5. The number of sulfonamides is 1. The topological polar surface area (TPSA) is 79.4 Å². The molecule has 0 spiro atoms. The summed E-state index contributed by atoms with van der Waals surface area (Å²) in [6.07, 6.45) is 3.27. The summed E-state index contributed by atoms with van der Waals surface area (Å²) < 4.78 is 25.5. The predicted octanol–water partition coefficient (Wildman–Crippen LogP) is 1.67. The lowest BCUT2D eigenvalue weighted by atomic mass is 10.1. The average Bonchev–Trinajstić information content (AvgIpc) is 2.48. The minimum atomic E-state index is -3.15. The Morgan fingerprint density at radius 2 is 2.09 bits per heavy atom. The minimum Gasteiger partial charge on any atom is -0.348 e. The maximum absolute atomic E-state index is 12.1. The molecule has 1 aliphatic heterocycles. The van der Waals surface area contributed by atoms with E-state index in [0.29, 0.717) is 43.1 Å². The van der Waals surface area contributed by atoms with Gasteiger partial charge >= 0.3 is 0 Å². The third-order valence-electron chi connectivity index (χ3n) is 3.60. The van der Waals surface area contributed by atoms with Crippen molar-refractivity contribution < 1.29 is 13.2 Å². The molecule has 6 nitrogen and oxygen atoms in total. The fourth-order valence-corrected chi connectivity index (χ4v) is 4.09. The molecule has 1 saturated heterocycles. The molecule has 1 aliphatic rings. The number of hydrogen-bond acceptors (Lipinski definition) is 4. The van der Waals surface area contributed by atoms with Gasteiger partial charge in [0.25, 0.3) is 5.91 Å². The van der Waals surface area contributed by atoms with Gasteiger partial charge in [0.2, 0.25) is 10.0 Å². The number of nitrogens with zero attached hydrogens (tertiary/aromatic N) is 2. The van der Waals surface area contributed by atoms with Gasteiger partial charge in [-0.15, -0.1) is 0 Å². The summed E-state index contributed by atoms with van der Waals surface area (Å²) >= 11 is 5.74. The van der Waals surface area contributed by atoms with E-state index in [1.54, 1.807) is 12.1 Å². The summed E-state index contributed by atoms with van der Waals surface area (Å²) in [4.78, 5) is 16.0. The molecule has 122 valence electrons. The number of carbonyl (C=O) groups is 1. The Balaban J connectivity index is 1.87. The second-order valence-corrected chi connectivity index (χ2v) is 7.85. The molecule has 0 unspecified atom stereocenters. The first-order valence-electron chi connectivity index (χ1n) is 7.32. The van der Waals surface area contributed by atoms with Crippen LogP contribution < -0.4 is 5.32 Å². The number of nitrogens with one attached hydrogen (secondary N) is 1. The zero-order valence-corrected chi connectivity index (χ0v) is 14.0. The summed E-state index contributed by atoms with van der Waals surface area (Å²) in [5.74, 6) is -0.0786. The number of hydrogen-bond donors (Lipinski definition) is 1. The van der Waals surface area contributed by atoms with Crippen molar-refractivity contribution >= 4 is 27.5 Å². The van der Waals surface area contributed by atoms with Crippen LogP contribution in [0, 0.1) is 0 Å². The van der Waals surface area contributed by atoms with Crippen molar-refractivity contribution in [2.45, 2.75) is 32.2 Å². The third-order valence-corrected chi connectivity index (χ3v) is 5.90. The van der Waals surface area contributed by atoms with Gasteiger partial charge in [-0.1, -0.05) is 18.5 Å². The van der Waals surface area contributed by atoms with Crippen LogP contribution in [0.3, 0.4) is 0 Å². The number of halogens is 1. The van der Waals surface area contributed by atoms with E-state index in [2.05, 4.69) is 10.3 Å². The number of amides is 1. The number of pyridine rings is 1. The lowest BCUT2D eigenvalue weighted by Gasteiger charge is -2.31. The first-order chi connectivity index (χ1) is 10.4. The fraction of sp³-hybridized carbons (Fsp3) is 0.571. The normalized spacial score (nSPS) is 17.4. The highest BCUT2D eigenvalue weighted by molar-refractivity contribution is 7.89. The largest absolute Gasteiger partial charge is 0.348 e. The van der Waals surface area contributed by atoms with E-state index in [9.17, 15) is 13.2 Å². The Bertz CT molecular complexity index is 611. The second-order valence-electron chi connectivity index (χ2n) is 5.32. The van der Waals surface area contributed by atoms with Crippen LogP contribution in [0.15, 0.2) is 18.3 Å². The fourth-order valence-electron chi connectivity index (χ4n) is 2.43. The first kappa shape index (κ1) is 17.2. The maximum Gasteiger partial charge on any atom is 0.270 e. The highest BCUT2D eigenvalue weighted by atomic mass is 35.5. The van der Waals surface area contributed by atoms with Gasteiger partial charge < -0.3 is 5.32 Å². The van der Waals surface area contributed by atoms with Gasteiger partial charge in [0.15, 0.2) is 0 Å². The van der Waals surface area contributed by atoms with Crippen LogP contribution in [0.2, 0.25) is 5.02 Å². The average molecular weight is 346 g/mol. The van der Waals surface area contributed by atoms with Crippen LogP contribution in [0.5, 0.6) is 0 Å². The molecule has 1 aromatic rings. The maximum atomic E-state index is 12.1. The summed E-state index contributed by atoms with van der Waals surface area (Å²) in [6.45, 7) is 2.74. The van der Waals surface area contributed by atoms with Crippen LogP contribution >= 0.6 is 11.6 Å². The molecule has 1 N–H and O–H groups in total. The first-order valence-corrected chi connectivity index (χ1v) is 9.31. The molecular formula is C14H20ClN3O3S. The third kappa shape index (κ3) is 4.41. The lowest BCUT2D eigenvalue weighted by molar-refractivity contribution is 0.0919. The smallest absolute Gasteiger partial charge is 0.270 e. The highest BCUT2D eigenvalue weighted by Crippen LogP contribution is 2.15. The number of rotatable bonds is 5. The molecule has 0 bridgehead atoms. The number of aromatic nitrogens is 1. The molecular weight excluding hydrogens is 326 g/mol. The van der Waals surface area contributed by atoms with Gasteiger partial charge in [0.1, 0.15) is 5.69 Å². The summed E-state index contributed by atoms with van der Waals surface area (Å²) in [5, 5.41) is 3.37. The van der Waals surface area contributed by atoms with Crippen molar-refractivity contribution in [2.75, 3.05) is 18.8 Å². The van der Waals surface area contributed by atoms with Crippen molar-refractivity contribution in [2.24, 2.45) is 0 Å². The van der Waals surface area contributed by atoms with Gasteiger partial charge in [-0.25, -0.2) is 17.7 Å².